The van der Waals surface area contributed by atoms with Crippen molar-refractivity contribution in [1.82, 2.24) is 14.7 Å². The second-order valence-electron chi connectivity index (χ2n) is 4.11. The number of imidazole rings is 1. The minimum absolute atomic E-state index is 0.125. The molecule has 0 saturated heterocycles. The first-order valence-electron chi connectivity index (χ1n) is 6.12. The third-order valence-electron chi connectivity index (χ3n) is 2.65. The van der Waals surface area contributed by atoms with E-state index in [4.69, 9.17) is 9.47 Å². The fraction of sp³-hybridized carbons (Fsp3) is 0.500. The molecular weight excluding hydrogens is 266 g/mol. The molecule has 19 heavy (non-hydrogen) atoms. The van der Waals surface area contributed by atoms with Crippen molar-refractivity contribution in [3.8, 4) is 0 Å². The molecule has 2 heterocycles. The number of nitrogens with zero attached hydrogens (tertiary/aromatic N) is 2. The lowest BCUT2D eigenvalue weighted by Gasteiger charge is -2.11. The molecule has 0 radical (unpaired) electrons. The number of carbonyl (C=O) groups excluding carboxylic acids is 1. The minimum Gasteiger partial charge on any atom is -0.443 e. The van der Waals surface area contributed by atoms with E-state index in [1.54, 1.807) is 0 Å². The Morgan fingerprint density at radius 1 is 1.63 bits per heavy atom. The van der Waals surface area contributed by atoms with Gasteiger partial charge in [-0.25, -0.2) is 9.78 Å². The monoisotopic (exact) mass is 283 g/mol. The Kier molecular flexibility index (Phi) is 4.75. The van der Waals surface area contributed by atoms with Crippen molar-refractivity contribution < 1.29 is 14.3 Å². The van der Waals surface area contributed by atoms with E-state index in [1.165, 1.54) is 11.3 Å². The van der Waals surface area contributed by atoms with Crippen LogP contribution in [0.3, 0.4) is 0 Å². The van der Waals surface area contributed by atoms with Crippen molar-refractivity contribution in [2.24, 2.45) is 0 Å². The van der Waals surface area contributed by atoms with E-state index >= 15 is 0 Å². The van der Waals surface area contributed by atoms with Gasteiger partial charge in [-0.3, -0.25) is 9.72 Å². The third-order valence-corrected chi connectivity index (χ3v) is 3.42. The molecule has 0 bridgehead atoms. The zero-order valence-corrected chi connectivity index (χ0v) is 11.8. The summed E-state index contributed by atoms with van der Waals surface area (Å²) < 4.78 is 12.3. The molecule has 0 aliphatic rings. The van der Waals surface area contributed by atoms with Gasteiger partial charge in [0.05, 0.1) is 11.8 Å². The number of thiazole rings is 1. The van der Waals surface area contributed by atoms with Crippen molar-refractivity contribution >= 4 is 22.4 Å². The van der Waals surface area contributed by atoms with Gasteiger partial charge >= 0.3 is 6.09 Å². The van der Waals surface area contributed by atoms with E-state index in [0.717, 1.165) is 17.1 Å². The quantitative estimate of drug-likeness (QED) is 0.827. The van der Waals surface area contributed by atoms with Crippen LogP contribution in [0.15, 0.2) is 17.8 Å². The van der Waals surface area contributed by atoms with Crippen molar-refractivity contribution in [3.63, 3.8) is 0 Å². The SMILES string of the molecule is CCC(C)OCNC(=O)OCc1cn2ccsc2n1. The van der Waals surface area contributed by atoms with Gasteiger partial charge in [0, 0.05) is 17.8 Å². The van der Waals surface area contributed by atoms with Gasteiger partial charge in [-0.1, -0.05) is 6.92 Å². The molecule has 7 heteroatoms. The fourth-order valence-corrected chi connectivity index (χ4v) is 2.12. The van der Waals surface area contributed by atoms with Crippen LogP contribution >= 0.6 is 11.3 Å². The first-order chi connectivity index (χ1) is 9.19. The molecule has 0 aromatic carbocycles. The summed E-state index contributed by atoms with van der Waals surface area (Å²) in [6.45, 7) is 4.29. The largest absolute Gasteiger partial charge is 0.443 e. The topological polar surface area (TPSA) is 64.9 Å². The lowest BCUT2D eigenvalue weighted by atomic mass is 10.3. The van der Waals surface area contributed by atoms with Crippen LogP contribution in [0.25, 0.3) is 4.96 Å². The van der Waals surface area contributed by atoms with E-state index in [9.17, 15) is 4.79 Å². The molecule has 1 atom stereocenters. The molecule has 2 rings (SSSR count). The average Bonchev–Trinajstić information content (AvgIpc) is 2.96. The molecule has 1 unspecified atom stereocenters. The zero-order chi connectivity index (χ0) is 13.7. The van der Waals surface area contributed by atoms with Crippen LogP contribution in [-0.2, 0) is 16.1 Å². The number of rotatable bonds is 6. The number of alkyl carbamates (subject to hydrolysis) is 1. The van der Waals surface area contributed by atoms with Gasteiger partial charge in [-0.05, 0) is 13.3 Å². The van der Waals surface area contributed by atoms with Gasteiger partial charge in [0.25, 0.3) is 0 Å². The predicted molar refractivity (Wildman–Crippen MR) is 72.1 cm³/mol. The molecule has 2 aromatic heterocycles. The molecule has 1 N–H and O–H groups in total. The third kappa shape index (κ3) is 3.93. The zero-order valence-electron chi connectivity index (χ0n) is 11.0. The van der Waals surface area contributed by atoms with Gasteiger partial charge in [0.1, 0.15) is 13.3 Å². The van der Waals surface area contributed by atoms with E-state index < -0.39 is 6.09 Å². The molecule has 0 spiro atoms. The maximum atomic E-state index is 11.4. The number of amides is 1. The second kappa shape index (κ2) is 6.53. The minimum atomic E-state index is -0.500. The number of aromatic nitrogens is 2. The standard InChI is InChI=1S/C12H17N3O3S/c1-3-9(2)18-8-13-12(16)17-7-10-6-15-4-5-19-11(15)14-10/h4-6,9H,3,7-8H2,1-2H3,(H,13,16). The lowest BCUT2D eigenvalue weighted by molar-refractivity contribution is 0.0449. The first kappa shape index (κ1) is 13.8. The molecule has 0 aliphatic carbocycles. The van der Waals surface area contributed by atoms with Crippen LogP contribution in [0, 0.1) is 0 Å². The maximum Gasteiger partial charge on any atom is 0.409 e. The second-order valence-corrected chi connectivity index (χ2v) is 4.98. The normalized spacial score (nSPS) is 12.5. The van der Waals surface area contributed by atoms with Crippen LogP contribution in [0.4, 0.5) is 4.79 Å². The Morgan fingerprint density at radius 2 is 2.47 bits per heavy atom. The van der Waals surface area contributed by atoms with E-state index in [0.29, 0.717) is 0 Å². The molecule has 2 aromatic rings. The Bertz CT molecular complexity index is 509. The Balaban J connectivity index is 1.70. The van der Waals surface area contributed by atoms with Crippen molar-refractivity contribution in [2.75, 3.05) is 6.73 Å². The molecule has 0 saturated carbocycles. The highest BCUT2D eigenvalue weighted by Gasteiger charge is 2.07. The summed E-state index contributed by atoms with van der Waals surface area (Å²) in [6.07, 6.45) is 4.29. The number of hydrogen-bond acceptors (Lipinski definition) is 5. The number of ether oxygens (including phenoxy) is 2. The summed E-state index contributed by atoms with van der Waals surface area (Å²) in [5, 5.41) is 4.48. The van der Waals surface area contributed by atoms with Crippen LogP contribution < -0.4 is 5.32 Å². The van der Waals surface area contributed by atoms with E-state index in [1.807, 2.05) is 36.0 Å². The molecule has 6 nitrogen and oxygen atoms in total. The number of fused-ring (bicyclic) bond motifs is 1. The maximum absolute atomic E-state index is 11.4. The first-order valence-corrected chi connectivity index (χ1v) is 7.00. The summed E-state index contributed by atoms with van der Waals surface area (Å²) >= 11 is 1.54. The molecular formula is C12H17N3O3S. The van der Waals surface area contributed by atoms with Gasteiger partial charge in [-0.15, -0.1) is 11.3 Å². The van der Waals surface area contributed by atoms with Crippen molar-refractivity contribution in [3.05, 3.63) is 23.5 Å². The highest BCUT2D eigenvalue weighted by Crippen LogP contribution is 2.11. The predicted octanol–water partition coefficient (Wildman–Crippen LogP) is 2.39. The Labute approximate surface area is 115 Å². The van der Waals surface area contributed by atoms with Crippen molar-refractivity contribution in [1.29, 1.82) is 0 Å². The van der Waals surface area contributed by atoms with Crippen LogP contribution in [0.1, 0.15) is 26.0 Å². The highest BCUT2D eigenvalue weighted by atomic mass is 32.1. The summed E-state index contributed by atoms with van der Waals surface area (Å²) in [5.74, 6) is 0. The molecule has 0 fully saturated rings. The van der Waals surface area contributed by atoms with Crippen LogP contribution in [0.2, 0.25) is 0 Å². The smallest absolute Gasteiger partial charge is 0.409 e. The van der Waals surface area contributed by atoms with Crippen LogP contribution in [0.5, 0.6) is 0 Å². The Morgan fingerprint density at radius 3 is 3.21 bits per heavy atom. The molecule has 1 amide bonds. The van der Waals surface area contributed by atoms with E-state index in [-0.39, 0.29) is 19.4 Å². The number of hydrogen-bond donors (Lipinski definition) is 1. The number of carbonyl (C=O) groups is 1. The Hall–Kier alpha value is -1.60. The average molecular weight is 283 g/mol. The van der Waals surface area contributed by atoms with Crippen LogP contribution in [-0.4, -0.2) is 28.3 Å². The van der Waals surface area contributed by atoms with Crippen molar-refractivity contribution in [2.45, 2.75) is 33.0 Å². The lowest BCUT2D eigenvalue weighted by Crippen LogP contribution is -2.28. The summed E-state index contributed by atoms with van der Waals surface area (Å²) in [7, 11) is 0. The number of nitrogens with one attached hydrogen (secondary N) is 1. The molecule has 104 valence electrons. The summed E-state index contributed by atoms with van der Waals surface area (Å²) in [4.78, 5) is 16.6. The van der Waals surface area contributed by atoms with Gasteiger partial charge in [0.2, 0.25) is 0 Å². The highest BCUT2D eigenvalue weighted by molar-refractivity contribution is 7.15. The van der Waals surface area contributed by atoms with Gasteiger partial charge in [-0.2, -0.15) is 0 Å². The summed E-state index contributed by atoms with van der Waals surface area (Å²) in [6, 6.07) is 0. The molecule has 0 aliphatic heterocycles. The van der Waals surface area contributed by atoms with Gasteiger partial charge in [0.15, 0.2) is 4.96 Å². The van der Waals surface area contributed by atoms with E-state index in [2.05, 4.69) is 10.3 Å². The van der Waals surface area contributed by atoms with Gasteiger partial charge < -0.3 is 9.47 Å². The summed E-state index contributed by atoms with van der Waals surface area (Å²) in [5.41, 5.74) is 0.727. The fourth-order valence-electron chi connectivity index (χ4n) is 1.40.